The minimum absolute atomic E-state index is 0.0318. The molecule has 0 aliphatic heterocycles. The molecule has 0 heterocycles. The van der Waals surface area contributed by atoms with Gasteiger partial charge in [-0.3, -0.25) is 4.79 Å². The number of para-hydroxylation sites is 1. The van der Waals surface area contributed by atoms with Crippen LogP contribution in [0.5, 0.6) is 0 Å². The van der Waals surface area contributed by atoms with E-state index in [1.807, 2.05) is 6.07 Å². The Morgan fingerprint density at radius 3 is 2.43 bits per heavy atom. The molecule has 5 nitrogen and oxygen atoms in total. The summed E-state index contributed by atoms with van der Waals surface area (Å²) in [6.07, 6.45) is 0. The predicted octanol–water partition coefficient (Wildman–Crippen LogP) is 4.71. The molecule has 0 saturated heterocycles. The highest BCUT2D eigenvalue weighted by molar-refractivity contribution is 8.00. The lowest BCUT2D eigenvalue weighted by Gasteiger charge is -2.10. The first-order chi connectivity index (χ1) is 13.3. The van der Waals surface area contributed by atoms with Gasteiger partial charge in [-0.25, -0.2) is 4.79 Å². The predicted molar refractivity (Wildman–Crippen MR) is 100 cm³/mol. The van der Waals surface area contributed by atoms with Gasteiger partial charge in [-0.15, -0.1) is 11.8 Å². The fourth-order valence-corrected chi connectivity index (χ4v) is 3.21. The van der Waals surface area contributed by atoms with Crippen molar-refractivity contribution in [2.75, 3.05) is 17.7 Å². The SMILES string of the molecule is N#CCSc1ccccc1NC(=O)COC(=O)c1ccc(SC(F)(F)F)cc1. The van der Waals surface area contributed by atoms with Gasteiger partial charge in [0.25, 0.3) is 5.91 Å². The van der Waals surface area contributed by atoms with E-state index in [0.717, 1.165) is 12.1 Å². The average molecular weight is 426 g/mol. The molecule has 0 fully saturated rings. The standard InChI is InChI=1S/C18H13F3N2O3S2/c19-18(20,21)28-13-7-5-12(6-8-13)17(25)26-11-16(24)23-14-3-1-2-4-15(14)27-10-9-22/h1-8H,10-11H2,(H,23,24). The van der Waals surface area contributed by atoms with Gasteiger partial charge < -0.3 is 10.1 Å². The van der Waals surface area contributed by atoms with Crippen LogP contribution in [0.2, 0.25) is 0 Å². The number of esters is 1. The zero-order chi connectivity index (χ0) is 20.6. The maximum Gasteiger partial charge on any atom is 0.446 e. The molecule has 0 atom stereocenters. The first-order valence-electron chi connectivity index (χ1n) is 7.70. The first-order valence-corrected chi connectivity index (χ1v) is 9.50. The van der Waals surface area contributed by atoms with Crippen molar-refractivity contribution in [1.29, 1.82) is 5.26 Å². The van der Waals surface area contributed by atoms with Gasteiger partial charge in [-0.05, 0) is 48.2 Å². The number of amides is 1. The Kier molecular flexibility index (Phi) is 7.78. The van der Waals surface area contributed by atoms with Crippen LogP contribution in [0.25, 0.3) is 0 Å². The number of benzene rings is 2. The highest BCUT2D eigenvalue weighted by Gasteiger charge is 2.29. The van der Waals surface area contributed by atoms with Crippen molar-refractivity contribution in [2.24, 2.45) is 0 Å². The fraction of sp³-hybridized carbons (Fsp3) is 0.167. The van der Waals surface area contributed by atoms with Crippen LogP contribution in [-0.4, -0.2) is 29.7 Å². The van der Waals surface area contributed by atoms with E-state index < -0.39 is 24.0 Å². The van der Waals surface area contributed by atoms with E-state index in [1.54, 1.807) is 24.3 Å². The van der Waals surface area contributed by atoms with E-state index in [2.05, 4.69) is 5.32 Å². The molecule has 0 aromatic heterocycles. The van der Waals surface area contributed by atoms with Crippen LogP contribution in [0.15, 0.2) is 58.3 Å². The summed E-state index contributed by atoms with van der Waals surface area (Å²) in [5.41, 5.74) is -3.90. The van der Waals surface area contributed by atoms with E-state index in [0.29, 0.717) is 10.6 Å². The molecular weight excluding hydrogens is 413 g/mol. The Morgan fingerprint density at radius 1 is 1.11 bits per heavy atom. The fourth-order valence-electron chi connectivity index (χ4n) is 2.00. The van der Waals surface area contributed by atoms with E-state index >= 15 is 0 Å². The van der Waals surface area contributed by atoms with Crippen molar-refractivity contribution in [2.45, 2.75) is 15.3 Å². The molecule has 2 aromatic carbocycles. The number of hydrogen-bond acceptors (Lipinski definition) is 6. The number of hydrogen-bond donors (Lipinski definition) is 1. The number of alkyl halides is 3. The van der Waals surface area contributed by atoms with Gasteiger partial charge in [0.1, 0.15) is 0 Å². The third-order valence-electron chi connectivity index (χ3n) is 3.11. The Balaban J connectivity index is 1.89. The second-order valence-corrected chi connectivity index (χ2v) is 7.30. The van der Waals surface area contributed by atoms with Crippen LogP contribution >= 0.6 is 23.5 Å². The Labute approximate surface area is 167 Å². The summed E-state index contributed by atoms with van der Waals surface area (Å²) < 4.78 is 41.8. The Bertz CT molecular complexity index is 881. The largest absolute Gasteiger partial charge is 0.452 e. The number of nitrogens with zero attached hydrogens (tertiary/aromatic N) is 1. The lowest BCUT2D eigenvalue weighted by Crippen LogP contribution is -2.21. The summed E-state index contributed by atoms with van der Waals surface area (Å²) >= 11 is 0.959. The number of carbonyl (C=O) groups is 2. The van der Waals surface area contributed by atoms with Crippen LogP contribution in [0.3, 0.4) is 0 Å². The molecule has 2 rings (SSSR count). The maximum atomic E-state index is 12.3. The topological polar surface area (TPSA) is 79.2 Å². The summed E-state index contributed by atoms with van der Waals surface area (Å²) in [6.45, 7) is -0.560. The summed E-state index contributed by atoms with van der Waals surface area (Å²) in [4.78, 5) is 24.6. The summed E-state index contributed by atoms with van der Waals surface area (Å²) in [7, 11) is 0. The number of thioether (sulfide) groups is 2. The lowest BCUT2D eigenvalue weighted by atomic mass is 10.2. The smallest absolute Gasteiger partial charge is 0.446 e. The van der Waals surface area contributed by atoms with Crippen molar-refractivity contribution < 1.29 is 27.5 Å². The Hall–Kier alpha value is -2.64. The van der Waals surface area contributed by atoms with Crippen LogP contribution < -0.4 is 5.32 Å². The van der Waals surface area contributed by atoms with Crippen LogP contribution in [0.4, 0.5) is 18.9 Å². The monoisotopic (exact) mass is 426 g/mol. The molecule has 0 unspecified atom stereocenters. The van der Waals surface area contributed by atoms with Crippen molar-refractivity contribution in [1.82, 2.24) is 0 Å². The van der Waals surface area contributed by atoms with Crippen molar-refractivity contribution in [3.63, 3.8) is 0 Å². The molecule has 0 spiro atoms. The van der Waals surface area contributed by atoms with Gasteiger partial charge in [0.15, 0.2) is 6.61 Å². The number of nitriles is 1. The van der Waals surface area contributed by atoms with Gasteiger partial charge in [0, 0.05) is 9.79 Å². The number of carbonyl (C=O) groups excluding carboxylic acids is 2. The van der Waals surface area contributed by atoms with Gasteiger partial charge in [-0.2, -0.15) is 18.4 Å². The lowest BCUT2D eigenvalue weighted by molar-refractivity contribution is -0.119. The van der Waals surface area contributed by atoms with Gasteiger partial charge in [0.05, 0.1) is 23.1 Å². The third kappa shape index (κ3) is 7.17. The molecular formula is C18H13F3N2O3S2. The summed E-state index contributed by atoms with van der Waals surface area (Å²) in [5.74, 6) is -1.20. The van der Waals surface area contributed by atoms with E-state index in [4.69, 9.17) is 10.00 Å². The molecule has 28 heavy (non-hydrogen) atoms. The zero-order valence-electron chi connectivity index (χ0n) is 14.2. The van der Waals surface area contributed by atoms with Crippen LogP contribution in [0.1, 0.15) is 10.4 Å². The molecule has 0 bridgehead atoms. The van der Waals surface area contributed by atoms with E-state index in [-0.39, 0.29) is 28.0 Å². The van der Waals surface area contributed by atoms with Crippen molar-refractivity contribution in [3.05, 3.63) is 54.1 Å². The van der Waals surface area contributed by atoms with Gasteiger partial charge in [0.2, 0.25) is 0 Å². The van der Waals surface area contributed by atoms with Crippen LogP contribution in [-0.2, 0) is 9.53 Å². The zero-order valence-corrected chi connectivity index (χ0v) is 15.8. The number of rotatable bonds is 7. The highest BCUT2D eigenvalue weighted by atomic mass is 32.2. The highest BCUT2D eigenvalue weighted by Crippen LogP contribution is 2.36. The van der Waals surface area contributed by atoms with Crippen molar-refractivity contribution >= 4 is 41.1 Å². The van der Waals surface area contributed by atoms with Gasteiger partial charge in [-0.1, -0.05) is 12.1 Å². The second-order valence-electron chi connectivity index (χ2n) is 5.14. The van der Waals surface area contributed by atoms with Gasteiger partial charge >= 0.3 is 11.5 Å². The van der Waals surface area contributed by atoms with Crippen LogP contribution in [0, 0.1) is 11.3 Å². The molecule has 10 heteroatoms. The molecule has 0 saturated carbocycles. The summed E-state index contributed by atoms with van der Waals surface area (Å²) in [6, 6.07) is 13.5. The normalized spacial score (nSPS) is 10.8. The van der Waals surface area contributed by atoms with E-state index in [1.165, 1.54) is 23.9 Å². The molecule has 1 amide bonds. The number of anilines is 1. The Morgan fingerprint density at radius 2 is 1.79 bits per heavy atom. The second kappa shape index (κ2) is 10.1. The first kappa shape index (κ1) is 21.7. The minimum Gasteiger partial charge on any atom is -0.452 e. The van der Waals surface area contributed by atoms with Crippen molar-refractivity contribution in [3.8, 4) is 6.07 Å². The molecule has 1 N–H and O–H groups in total. The third-order valence-corrected chi connectivity index (χ3v) is 4.79. The quantitative estimate of drug-likeness (QED) is 0.510. The molecule has 0 aliphatic rings. The summed E-state index contributed by atoms with van der Waals surface area (Å²) in [5, 5.41) is 11.2. The molecule has 0 radical (unpaired) electrons. The minimum atomic E-state index is -4.41. The molecule has 2 aromatic rings. The average Bonchev–Trinajstić information content (AvgIpc) is 2.65. The number of halogens is 3. The molecule has 0 aliphatic carbocycles. The maximum absolute atomic E-state index is 12.3. The number of nitrogens with one attached hydrogen (secondary N) is 1. The van der Waals surface area contributed by atoms with E-state index in [9.17, 15) is 22.8 Å². The molecule has 146 valence electrons. The number of ether oxygens (including phenoxy) is 1.